The van der Waals surface area contributed by atoms with Gasteiger partial charge in [-0.05, 0) is 37.7 Å². The van der Waals surface area contributed by atoms with E-state index in [2.05, 4.69) is 6.08 Å². The van der Waals surface area contributed by atoms with E-state index in [1.165, 1.54) is 0 Å². The number of carbonyl (C=O) groups excluding carboxylic acids is 1. The van der Waals surface area contributed by atoms with E-state index in [9.17, 15) is 9.90 Å². The van der Waals surface area contributed by atoms with Crippen molar-refractivity contribution in [2.24, 2.45) is 11.8 Å². The van der Waals surface area contributed by atoms with Gasteiger partial charge >= 0.3 is 0 Å². The maximum atomic E-state index is 11.2. The zero-order chi connectivity index (χ0) is 10.7. The zero-order valence-electron chi connectivity index (χ0n) is 9.29. The van der Waals surface area contributed by atoms with Crippen LogP contribution >= 0.6 is 0 Å². The van der Waals surface area contributed by atoms with Gasteiger partial charge in [-0.15, -0.1) is 0 Å². The molecule has 1 aliphatic carbocycles. The van der Waals surface area contributed by atoms with Gasteiger partial charge in [-0.25, -0.2) is 0 Å². The Morgan fingerprint density at radius 1 is 1.57 bits per heavy atom. The summed E-state index contributed by atoms with van der Waals surface area (Å²) >= 11 is 0. The van der Waals surface area contributed by atoms with Gasteiger partial charge in [0.15, 0.2) is 0 Å². The lowest BCUT2D eigenvalue weighted by molar-refractivity contribution is -0.121. The molecule has 0 saturated heterocycles. The number of aliphatic hydroxyl groups is 1. The van der Waals surface area contributed by atoms with Crippen molar-refractivity contribution in [3.8, 4) is 0 Å². The van der Waals surface area contributed by atoms with E-state index in [1.807, 2.05) is 13.8 Å². The molecule has 0 bridgehead atoms. The first-order valence-electron chi connectivity index (χ1n) is 5.39. The van der Waals surface area contributed by atoms with Gasteiger partial charge in [0, 0.05) is 5.92 Å². The van der Waals surface area contributed by atoms with Crippen LogP contribution < -0.4 is 0 Å². The van der Waals surface area contributed by atoms with Crippen LogP contribution in [-0.4, -0.2) is 17.0 Å². The molecule has 0 spiro atoms. The van der Waals surface area contributed by atoms with Crippen LogP contribution in [0, 0.1) is 11.8 Å². The summed E-state index contributed by atoms with van der Waals surface area (Å²) in [6.07, 6.45) is 4.38. The van der Waals surface area contributed by atoms with Gasteiger partial charge in [-0.1, -0.05) is 19.9 Å². The van der Waals surface area contributed by atoms with Crippen LogP contribution in [0.1, 0.15) is 40.0 Å². The quantitative estimate of drug-likeness (QED) is 0.703. The Bertz CT molecular complexity index is 241. The summed E-state index contributed by atoms with van der Waals surface area (Å²) in [6, 6.07) is 0. The number of hydrogen-bond donors (Lipinski definition) is 1. The summed E-state index contributed by atoms with van der Waals surface area (Å²) in [5, 5.41) is 9.87. The molecule has 0 saturated carbocycles. The third kappa shape index (κ3) is 2.68. The lowest BCUT2D eigenvalue weighted by Gasteiger charge is -2.25. The molecule has 0 unspecified atom stereocenters. The van der Waals surface area contributed by atoms with Crippen molar-refractivity contribution in [2.45, 2.75) is 46.1 Å². The van der Waals surface area contributed by atoms with Gasteiger partial charge < -0.3 is 5.11 Å². The second-order valence-electron chi connectivity index (χ2n) is 4.56. The predicted molar refractivity (Wildman–Crippen MR) is 56.9 cm³/mol. The molecule has 2 nitrogen and oxygen atoms in total. The van der Waals surface area contributed by atoms with E-state index in [-0.39, 0.29) is 23.7 Å². The summed E-state index contributed by atoms with van der Waals surface area (Å²) < 4.78 is 0. The Balaban J connectivity index is 2.63. The SMILES string of the molecule is CC(=O)[C@@H]1CCC=C([C@@H](O)C(C)C)C1. The molecule has 0 aromatic rings. The summed E-state index contributed by atoms with van der Waals surface area (Å²) in [5.41, 5.74) is 1.06. The minimum Gasteiger partial charge on any atom is -0.388 e. The standard InChI is InChI=1S/C12H20O2/c1-8(2)12(14)11-6-4-5-10(7-11)9(3)13/h6,8,10,12,14H,4-5,7H2,1-3H3/t10-,12+/m1/s1. The molecule has 0 aliphatic heterocycles. The van der Waals surface area contributed by atoms with Gasteiger partial charge in [0.05, 0.1) is 6.10 Å². The van der Waals surface area contributed by atoms with Crippen molar-refractivity contribution in [2.75, 3.05) is 0 Å². The molecule has 0 amide bonds. The first-order valence-corrected chi connectivity index (χ1v) is 5.39. The minimum absolute atomic E-state index is 0.142. The Morgan fingerprint density at radius 3 is 2.71 bits per heavy atom. The van der Waals surface area contributed by atoms with Gasteiger partial charge in [-0.2, -0.15) is 0 Å². The lowest BCUT2D eigenvalue weighted by Crippen LogP contribution is -2.24. The van der Waals surface area contributed by atoms with E-state index in [4.69, 9.17) is 0 Å². The molecule has 1 rings (SSSR count). The van der Waals surface area contributed by atoms with E-state index < -0.39 is 0 Å². The van der Waals surface area contributed by atoms with Crippen molar-refractivity contribution in [1.29, 1.82) is 0 Å². The number of aliphatic hydroxyl groups excluding tert-OH is 1. The molecule has 14 heavy (non-hydrogen) atoms. The molecule has 1 N–H and O–H groups in total. The molecule has 2 atom stereocenters. The maximum Gasteiger partial charge on any atom is 0.133 e. The molecule has 80 valence electrons. The largest absolute Gasteiger partial charge is 0.388 e. The average Bonchev–Trinajstić information content (AvgIpc) is 2.16. The highest BCUT2D eigenvalue weighted by molar-refractivity contribution is 5.78. The monoisotopic (exact) mass is 196 g/mol. The van der Waals surface area contributed by atoms with Crippen molar-refractivity contribution < 1.29 is 9.90 Å². The summed E-state index contributed by atoms with van der Waals surface area (Å²) in [5.74, 6) is 0.641. The second-order valence-corrected chi connectivity index (χ2v) is 4.56. The number of ketones is 1. The molecular formula is C12H20O2. The van der Waals surface area contributed by atoms with E-state index in [0.717, 1.165) is 24.8 Å². The van der Waals surface area contributed by atoms with Crippen LogP contribution in [-0.2, 0) is 4.79 Å². The normalized spacial score (nSPS) is 24.6. The Labute approximate surface area is 86.0 Å². The number of carbonyl (C=O) groups is 1. The highest BCUT2D eigenvalue weighted by Crippen LogP contribution is 2.28. The fourth-order valence-electron chi connectivity index (χ4n) is 1.96. The number of rotatable bonds is 3. The van der Waals surface area contributed by atoms with Crippen LogP contribution in [0.25, 0.3) is 0 Å². The van der Waals surface area contributed by atoms with E-state index in [1.54, 1.807) is 6.92 Å². The van der Waals surface area contributed by atoms with Crippen LogP contribution in [0.15, 0.2) is 11.6 Å². The fourth-order valence-corrected chi connectivity index (χ4v) is 1.96. The van der Waals surface area contributed by atoms with E-state index in [0.29, 0.717) is 0 Å². The molecule has 2 heteroatoms. The van der Waals surface area contributed by atoms with Gasteiger partial charge in [0.1, 0.15) is 5.78 Å². The topological polar surface area (TPSA) is 37.3 Å². The van der Waals surface area contributed by atoms with Gasteiger partial charge in [-0.3, -0.25) is 4.79 Å². The van der Waals surface area contributed by atoms with Crippen LogP contribution in [0.4, 0.5) is 0 Å². The third-order valence-corrected chi connectivity index (χ3v) is 2.99. The lowest BCUT2D eigenvalue weighted by atomic mass is 9.82. The Morgan fingerprint density at radius 2 is 2.21 bits per heavy atom. The maximum absolute atomic E-state index is 11.2. The van der Waals surface area contributed by atoms with Crippen molar-refractivity contribution in [3.63, 3.8) is 0 Å². The smallest absolute Gasteiger partial charge is 0.133 e. The van der Waals surface area contributed by atoms with Gasteiger partial charge in [0.25, 0.3) is 0 Å². The fraction of sp³-hybridized carbons (Fsp3) is 0.750. The number of Topliss-reactive ketones (excluding diaryl/α,β-unsaturated/α-hetero) is 1. The molecule has 0 aromatic heterocycles. The molecule has 0 fully saturated rings. The number of allylic oxidation sites excluding steroid dienone is 1. The molecule has 0 radical (unpaired) electrons. The van der Waals surface area contributed by atoms with Crippen LogP contribution in [0.2, 0.25) is 0 Å². The summed E-state index contributed by atoms with van der Waals surface area (Å²) in [4.78, 5) is 11.2. The molecule has 1 aliphatic rings. The highest BCUT2D eigenvalue weighted by Gasteiger charge is 2.24. The third-order valence-electron chi connectivity index (χ3n) is 2.99. The molecule has 0 aromatic carbocycles. The van der Waals surface area contributed by atoms with E-state index >= 15 is 0 Å². The molecular weight excluding hydrogens is 176 g/mol. The van der Waals surface area contributed by atoms with Crippen LogP contribution in [0.5, 0.6) is 0 Å². The highest BCUT2D eigenvalue weighted by atomic mass is 16.3. The van der Waals surface area contributed by atoms with Crippen molar-refractivity contribution >= 4 is 5.78 Å². The van der Waals surface area contributed by atoms with Crippen LogP contribution in [0.3, 0.4) is 0 Å². The van der Waals surface area contributed by atoms with Crippen molar-refractivity contribution in [3.05, 3.63) is 11.6 Å². The predicted octanol–water partition coefficient (Wildman–Crippen LogP) is 2.32. The minimum atomic E-state index is -0.364. The number of hydrogen-bond acceptors (Lipinski definition) is 2. The first kappa shape index (κ1) is 11.4. The molecule has 0 heterocycles. The zero-order valence-corrected chi connectivity index (χ0v) is 9.29. The van der Waals surface area contributed by atoms with Crippen molar-refractivity contribution in [1.82, 2.24) is 0 Å². The summed E-state index contributed by atoms with van der Waals surface area (Å²) in [6.45, 7) is 5.65. The Hall–Kier alpha value is -0.630. The van der Waals surface area contributed by atoms with Gasteiger partial charge in [0.2, 0.25) is 0 Å². The second kappa shape index (κ2) is 4.74. The Kier molecular flexibility index (Phi) is 3.87. The summed E-state index contributed by atoms with van der Waals surface area (Å²) in [7, 11) is 0. The average molecular weight is 196 g/mol. The first-order chi connectivity index (χ1) is 6.52.